The Bertz CT molecular complexity index is 1160. The van der Waals surface area contributed by atoms with Crippen molar-refractivity contribution < 1.29 is 22.7 Å². The van der Waals surface area contributed by atoms with Gasteiger partial charge in [0.15, 0.2) is 5.78 Å². The fourth-order valence-corrected chi connectivity index (χ4v) is 2.81. The van der Waals surface area contributed by atoms with Gasteiger partial charge >= 0.3 is 6.18 Å². The number of nitrogens with zero attached hydrogens (tertiary/aromatic N) is 2. The highest BCUT2D eigenvalue weighted by atomic mass is 19.4. The summed E-state index contributed by atoms with van der Waals surface area (Å²) in [5, 5.41) is 5.53. The van der Waals surface area contributed by atoms with Crippen molar-refractivity contribution in [2.45, 2.75) is 20.0 Å². The molecule has 0 saturated heterocycles. The van der Waals surface area contributed by atoms with Crippen LogP contribution in [0.1, 0.15) is 29.8 Å². The van der Waals surface area contributed by atoms with Gasteiger partial charge in [-0.15, -0.1) is 0 Å². The number of halogens is 3. The summed E-state index contributed by atoms with van der Waals surface area (Å²) in [6.45, 7) is 3.57. The highest BCUT2D eigenvalue weighted by molar-refractivity contribution is 6.05. The number of carbonyl (C=O) groups is 1. The molecule has 0 aliphatic carbocycles. The maximum absolute atomic E-state index is 13.5. The summed E-state index contributed by atoms with van der Waals surface area (Å²) in [6.07, 6.45) is -2.51. The maximum atomic E-state index is 13.5. The molecule has 3 rings (SSSR count). The molecule has 0 unspecified atom stereocenters. The molecule has 0 fully saturated rings. The fourth-order valence-electron chi connectivity index (χ4n) is 2.81. The number of aromatic nitrogens is 2. The van der Waals surface area contributed by atoms with Crippen molar-refractivity contribution in [3.63, 3.8) is 0 Å². The molecule has 0 saturated carbocycles. The lowest BCUT2D eigenvalue weighted by atomic mass is 10.1. The molecular formula is C23H21F3N4O2. The summed E-state index contributed by atoms with van der Waals surface area (Å²) in [5.41, 5.74) is 0.957. The molecule has 0 bridgehead atoms. The number of hydrogen-bond acceptors (Lipinski definition) is 6. The molecule has 0 spiro atoms. The molecule has 2 aromatic carbocycles. The Hall–Kier alpha value is -3.88. The number of alkyl halides is 3. The lowest BCUT2D eigenvalue weighted by molar-refractivity contribution is -0.137. The molecule has 166 valence electrons. The van der Waals surface area contributed by atoms with Gasteiger partial charge < -0.3 is 15.4 Å². The van der Waals surface area contributed by atoms with Gasteiger partial charge in [-0.05, 0) is 44.2 Å². The van der Waals surface area contributed by atoms with E-state index in [0.29, 0.717) is 23.2 Å². The predicted octanol–water partition coefficient (Wildman–Crippen LogP) is 6.14. The molecule has 0 aliphatic rings. The number of methoxy groups -OCH3 is 1. The van der Waals surface area contributed by atoms with Gasteiger partial charge in [0.05, 0.1) is 7.11 Å². The number of rotatable bonds is 7. The molecule has 6 nitrogen and oxygen atoms in total. The number of hydrogen-bond donors (Lipinski definition) is 2. The third kappa shape index (κ3) is 5.84. The molecule has 0 aliphatic heterocycles. The van der Waals surface area contributed by atoms with Crippen LogP contribution in [0.3, 0.4) is 0 Å². The highest BCUT2D eigenvalue weighted by Crippen LogP contribution is 2.35. The van der Waals surface area contributed by atoms with Crippen LogP contribution in [-0.4, -0.2) is 22.9 Å². The second-order valence-corrected chi connectivity index (χ2v) is 7.10. The zero-order chi connectivity index (χ0) is 23.3. The van der Waals surface area contributed by atoms with E-state index in [9.17, 15) is 18.0 Å². The quantitative estimate of drug-likeness (QED) is 0.338. The van der Waals surface area contributed by atoms with Crippen LogP contribution in [0.2, 0.25) is 0 Å². The van der Waals surface area contributed by atoms with Crippen LogP contribution < -0.4 is 15.4 Å². The summed E-state index contributed by atoms with van der Waals surface area (Å²) < 4.78 is 45.8. The van der Waals surface area contributed by atoms with Gasteiger partial charge in [-0.3, -0.25) is 4.79 Å². The van der Waals surface area contributed by atoms with Gasteiger partial charge in [-0.1, -0.05) is 23.8 Å². The summed E-state index contributed by atoms with van der Waals surface area (Å²) >= 11 is 0. The SMILES string of the molecule is COc1cccc(Nc2ncc(C(F)(F)F)c(Nc3cccc(C(=O)C=C(C)C)c3)n2)c1. The largest absolute Gasteiger partial charge is 0.497 e. The van der Waals surface area contributed by atoms with Gasteiger partial charge in [0.2, 0.25) is 5.95 Å². The Morgan fingerprint density at radius 2 is 1.72 bits per heavy atom. The van der Waals surface area contributed by atoms with Crippen LogP contribution in [0.15, 0.2) is 66.4 Å². The number of ketones is 1. The van der Waals surface area contributed by atoms with E-state index in [4.69, 9.17) is 4.74 Å². The number of anilines is 4. The molecule has 0 radical (unpaired) electrons. The van der Waals surface area contributed by atoms with Crippen molar-refractivity contribution in [3.05, 3.63) is 77.5 Å². The summed E-state index contributed by atoms with van der Waals surface area (Å²) in [7, 11) is 1.51. The second-order valence-electron chi connectivity index (χ2n) is 7.10. The average Bonchev–Trinajstić information content (AvgIpc) is 2.73. The Kier molecular flexibility index (Phi) is 6.77. The van der Waals surface area contributed by atoms with Gasteiger partial charge in [0.25, 0.3) is 0 Å². The van der Waals surface area contributed by atoms with E-state index in [1.807, 2.05) is 0 Å². The normalized spacial score (nSPS) is 10.9. The van der Waals surface area contributed by atoms with E-state index in [2.05, 4.69) is 20.6 Å². The number of carbonyl (C=O) groups excluding carboxylic acids is 1. The molecule has 1 aromatic heterocycles. The van der Waals surface area contributed by atoms with Crippen molar-refractivity contribution in [2.24, 2.45) is 0 Å². The van der Waals surface area contributed by atoms with Gasteiger partial charge in [-0.2, -0.15) is 18.2 Å². The fraction of sp³-hybridized carbons (Fsp3) is 0.174. The maximum Gasteiger partial charge on any atom is 0.421 e. The third-order valence-corrected chi connectivity index (χ3v) is 4.25. The predicted molar refractivity (Wildman–Crippen MR) is 117 cm³/mol. The number of allylic oxidation sites excluding steroid dienone is 2. The van der Waals surface area contributed by atoms with Gasteiger partial charge in [0.1, 0.15) is 17.1 Å². The van der Waals surface area contributed by atoms with Crippen molar-refractivity contribution in [1.82, 2.24) is 9.97 Å². The Morgan fingerprint density at radius 3 is 2.38 bits per heavy atom. The Labute approximate surface area is 183 Å². The first kappa shape index (κ1) is 22.8. The minimum Gasteiger partial charge on any atom is -0.497 e. The minimum atomic E-state index is -4.67. The zero-order valence-corrected chi connectivity index (χ0v) is 17.6. The van der Waals surface area contributed by atoms with E-state index >= 15 is 0 Å². The average molecular weight is 442 g/mol. The lowest BCUT2D eigenvalue weighted by Gasteiger charge is -2.15. The second kappa shape index (κ2) is 9.51. The van der Waals surface area contributed by atoms with Gasteiger partial charge in [0, 0.05) is 29.2 Å². The van der Waals surface area contributed by atoms with E-state index < -0.39 is 17.6 Å². The van der Waals surface area contributed by atoms with E-state index in [-0.39, 0.29) is 17.4 Å². The van der Waals surface area contributed by atoms with Crippen molar-refractivity contribution in [1.29, 1.82) is 0 Å². The van der Waals surface area contributed by atoms with E-state index in [0.717, 1.165) is 5.57 Å². The third-order valence-electron chi connectivity index (χ3n) is 4.25. The zero-order valence-electron chi connectivity index (χ0n) is 17.6. The van der Waals surface area contributed by atoms with Crippen molar-refractivity contribution in [2.75, 3.05) is 17.7 Å². The topological polar surface area (TPSA) is 76.1 Å². The number of benzene rings is 2. The summed E-state index contributed by atoms with van der Waals surface area (Å²) in [6, 6.07) is 13.0. The monoisotopic (exact) mass is 442 g/mol. The van der Waals surface area contributed by atoms with Gasteiger partial charge in [-0.25, -0.2) is 4.98 Å². The first-order valence-corrected chi connectivity index (χ1v) is 9.57. The standard InChI is InChI=1S/C23H21F3N4O2/c1-14(2)10-20(31)15-6-4-7-16(11-15)28-21-19(23(24,25)26)13-27-22(30-21)29-17-8-5-9-18(12-17)32-3/h4-13H,1-3H3,(H2,27,28,29,30). The number of ether oxygens (including phenoxy) is 1. The molecule has 2 N–H and O–H groups in total. The summed E-state index contributed by atoms with van der Waals surface area (Å²) in [5.74, 6) is -0.152. The summed E-state index contributed by atoms with van der Waals surface area (Å²) in [4.78, 5) is 20.1. The van der Waals surface area contributed by atoms with E-state index in [1.165, 1.54) is 19.3 Å². The van der Waals surface area contributed by atoms with Crippen molar-refractivity contribution in [3.8, 4) is 5.75 Å². The molecule has 1 heterocycles. The minimum absolute atomic E-state index is 0.0366. The smallest absolute Gasteiger partial charge is 0.421 e. The van der Waals surface area contributed by atoms with Crippen LogP contribution in [0.5, 0.6) is 5.75 Å². The molecule has 32 heavy (non-hydrogen) atoms. The van der Waals surface area contributed by atoms with E-state index in [1.54, 1.807) is 56.3 Å². The molecule has 3 aromatic rings. The first-order valence-electron chi connectivity index (χ1n) is 9.57. The number of nitrogens with one attached hydrogen (secondary N) is 2. The Morgan fingerprint density at radius 1 is 1.03 bits per heavy atom. The molecule has 0 atom stereocenters. The molecule has 0 amide bonds. The van der Waals surface area contributed by atoms with Crippen molar-refractivity contribution >= 4 is 28.9 Å². The van der Waals surface area contributed by atoms with Crippen LogP contribution in [0.25, 0.3) is 0 Å². The first-order chi connectivity index (χ1) is 15.2. The van der Waals surface area contributed by atoms with Crippen LogP contribution in [-0.2, 0) is 6.18 Å². The Balaban J connectivity index is 1.94. The molecule has 9 heteroatoms. The van der Waals surface area contributed by atoms with Crippen LogP contribution >= 0.6 is 0 Å². The molecular weight excluding hydrogens is 421 g/mol. The van der Waals surface area contributed by atoms with Crippen LogP contribution in [0.4, 0.5) is 36.3 Å². The van der Waals surface area contributed by atoms with Crippen LogP contribution in [0, 0.1) is 0 Å². The highest BCUT2D eigenvalue weighted by Gasteiger charge is 2.35. The lowest BCUT2D eigenvalue weighted by Crippen LogP contribution is -2.12.